The SMILES string of the molecule is CC[C@H](C)[C@H](NC(=O)[C@@H](N)CCC(=O)O)C(=O)N[C@@H](CC(C)C)C(=O)N[C@@H](C)C(=O)O. The molecule has 3 amide bonds. The number of carbonyl (C=O) groups excluding carboxylic acids is 3. The van der Waals surface area contributed by atoms with Crippen LogP contribution >= 0.6 is 0 Å². The number of nitrogens with one attached hydrogen (secondary N) is 3. The summed E-state index contributed by atoms with van der Waals surface area (Å²) >= 11 is 0. The molecule has 0 bridgehead atoms. The van der Waals surface area contributed by atoms with Gasteiger partial charge < -0.3 is 31.9 Å². The van der Waals surface area contributed by atoms with Gasteiger partial charge in [-0.05, 0) is 31.6 Å². The van der Waals surface area contributed by atoms with E-state index in [0.29, 0.717) is 6.42 Å². The standard InChI is InChI=1S/C20H36N4O7/c1-6-11(4)16(24-17(27)13(21)7-8-15(25)26)19(29)23-14(9-10(2)3)18(28)22-12(5)20(30)31/h10-14,16H,6-9,21H2,1-5H3,(H,22,28)(H,23,29)(H,24,27)(H,25,26)(H,30,31)/t11-,12-,13-,14-,16-/m0/s1. The second-order valence-corrected chi connectivity index (χ2v) is 8.17. The Labute approximate surface area is 182 Å². The van der Waals surface area contributed by atoms with Crippen LogP contribution in [0.2, 0.25) is 0 Å². The van der Waals surface area contributed by atoms with E-state index in [2.05, 4.69) is 16.0 Å². The van der Waals surface area contributed by atoms with Gasteiger partial charge in [0, 0.05) is 6.42 Å². The maximum absolute atomic E-state index is 12.9. The van der Waals surface area contributed by atoms with E-state index in [1.807, 2.05) is 20.8 Å². The molecule has 0 saturated carbocycles. The third-order valence-electron chi connectivity index (χ3n) is 4.87. The molecule has 0 aliphatic carbocycles. The number of amides is 3. The van der Waals surface area contributed by atoms with Crippen LogP contribution < -0.4 is 21.7 Å². The summed E-state index contributed by atoms with van der Waals surface area (Å²) in [5.74, 6) is -4.46. The van der Waals surface area contributed by atoms with Crippen LogP contribution in [0.5, 0.6) is 0 Å². The minimum Gasteiger partial charge on any atom is -0.481 e. The lowest BCUT2D eigenvalue weighted by Gasteiger charge is -2.28. The van der Waals surface area contributed by atoms with Gasteiger partial charge in [-0.3, -0.25) is 24.0 Å². The van der Waals surface area contributed by atoms with Gasteiger partial charge in [-0.1, -0.05) is 34.1 Å². The zero-order chi connectivity index (χ0) is 24.3. The fourth-order valence-electron chi connectivity index (χ4n) is 2.71. The van der Waals surface area contributed by atoms with Gasteiger partial charge in [-0.25, -0.2) is 0 Å². The predicted molar refractivity (Wildman–Crippen MR) is 113 cm³/mol. The Hall–Kier alpha value is -2.69. The van der Waals surface area contributed by atoms with Crippen molar-refractivity contribution in [3.05, 3.63) is 0 Å². The van der Waals surface area contributed by atoms with E-state index >= 15 is 0 Å². The lowest BCUT2D eigenvalue weighted by atomic mass is 9.96. The Bertz CT molecular complexity index is 653. The van der Waals surface area contributed by atoms with Gasteiger partial charge >= 0.3 is 11.9 Å². The Kier molecular flexibility index (Phi) is 12.4. The van der Waals surface area contributed by atoms with E-state index in [1.165, 1.54) is 6.92 Å². The van der Waals surface area contributed by atoms with E-state index in [9.17, 15) is 24.0 Å². The fraction of sp³-hybridized carbons (Fsp3) is 0.750. The maximum atomic E-state index is 12.9. The van der Waals surface area contributed by atoms with Crippen LogP contribution in [0, 0.1) is 11.8 Å². The largest absolute Gasteiger partial charge is 0.481 e. The summed E-state index contributed by atoms with van der Waals surface area (Å²) in [5, 5.41) is 25.2. The van der Waals surface area contributed by atoms with Crippen molar-refractivity contribution in [2.45, 2.75) is 84.5 Å². The van der Waals surface area contributed by atoms with E-state index in [4.69, 9.17) is 15.9 Å². The van der Waals surface area contributed by atoms with Crippen molar-refractivity contribution in [1.29, 1.82) is 0 Å². The molecule has 0 aromatic heterocycles. The molecular formula is C20H36N4O7. The number of hydrogen-bond acceptors (Lipinski definition) is 6. The van der Waals surface area contributed by atoms with Crippen molar-refractivity contribution in [2.24, 2.45) is 17.6 Å². The lowest BCUT2D eigenvalue weighted by molar-refractivity contribution is -0.142. The molecule has 11 nitrogen and oxygen atoms in total. The molecular weight excluding hydrogens is 408 g/mol. The fourth-order valence-corrected chi connectivity index (χ4v) is 2.71. The first-order chi connectivity index (χ1) is 14.3. The summed E-state index contributed by atoms with van der Waals surface area (Å²) in [5.41, 5.74) is 5.73. The van der Waals surface area contributed by atoms with Crippen molar-refractivity contribution in [3.63, 3.8) is 0 Å². The normalized spacial score (nSPS) is 15.8. The highest BCUT2D eigenvalue weighted by atomic mass is 16.4. The van der Waals surface area contributed by atoms with E-state index < -0.39 is 53.8 Å². The lowest BCUT2D eigenvalue weighted by Crippen LogP contribution is -2.58. The number of carbonyl (C=O) groups is 5. The molecule has 178 valence electrons. The number of carboxylic acid groups (broad SMARTS) is 2. The van der Waals surface area contributed by atoms with Crippen molar-refractivity contribution in [3.8, 4) is 0 Å². The summed E-state index contributed by atoms with van der Waals surface area (Å²) in [6.07, 6.45) is 0.442. The van der Waals surface area contributed by atoms with Gasteiger partial charge in [0.2, 0.25) is 17.7 Å². The van der Waals surface area contributed by atoms with Gasteiger partial charge in [-0.15, -0.1) is 0 Å². The van der Waals surface area contributed by atoms with Gasteiger partial charge in [-0.2, -0.15) is 0 Å². The molecule has 11 heteroatoms. The van der Waals surface area contributed by atoms with Crippen LogP contribution in [-0.4, -0.2) is 64.0 Å². The highest BCUT2D eigenvalue weighted by Gasteiger charge is 2.32. The first-order valence-electron chi connectivity index (χ1n) is 10.4. The van der Waals surface area contributed by atoms with Crippen LogP contribution in [0.15, 0.2) is 0 Å². The summed E-state index contributed by atoms with van der Waals surface area (Å²) in [6, 6.07) is -4.20. The maximum Gasteiger partial charge on any atom is 0.325 e. The summed E-state index contributed by atoms with van der Waals surface area (Å²) in [6.45, 7) is 8.59. The number of hydrogen-bond donors (Lipinski definition) is 6. The predicted octanol–water partition coefficient (Wildman–Crippen LogP) is -0.170. The molecule has 0 aromatic rings. The zero-order valence-electron chi connectivity index (χ0n) is 18.8. The van der Waals surface area contributed by atoms with Crippen LogP contribution in [0.3, 0.4) is 0 Å². The molecule has 0 spiro atoms. The van der Waals surface area contributed by atoms with Gasteiger partial charge in [0.15, 0.2) is 0 Å². The number of carboxylic acids is 2. The summed E-state index contributed by atoms with van der Waals surface area (Å²) in [4.78, 5) is 59.5. The van der Waals surface area contributed by atoms with Crippen LogP contribution in [0.4, 0.5) is 0 Å². The molecule has 0 fully saturated rings. The Morgan fingerprint density at radius 3 is 1.90 bits per heavy atom. The molecule has 0 aromatic carbocycles. The van der Waals surface area contributed by atoms with Crippen molar-refractivity contribution >= 4 is 29.7 Å². The third kappa shape index (κ3) is 10.8. The van der Waals surface area contributed by atoms with Crippen LogP contribution in [0.25, 0.3) is 0 Å². The molecule has 0 unspecified atom stereocenters. The number of aliphatic carboxylic acids is 2. The van der Waals surface area contributed by atoms with Crippen LogP contribution in [-0.2, 0) is 24.0 Å². The molecule has 0 aliphatic heterocycles. The Morgan fingerprint density at radius 1 is 0.871 bits per heavy atom. The molecule has 0 radical (unpaired) electrons. The van der Waals surface area contributed by atoms with Gasteiger partial charge in [0.05, 0.1) is 6.04 Å². The molecule has 0 rings (SSSR count). The van der Waals surface area contributed by atoms with E-state index in [-0.39, 0.29) is 31.1 Å². The molecule has 0 saturated heterocycles. The Morgan fingerprint density at radius 2 is 1.45 bits per heavy atom. The van der Waals surface area contributed by atoms with Gasteiger partial charge in [0.25, 0.3) is 0 Å². The number of rotatable bonds is 14. The van der Waals surface area contributed by atoms with Crippen molar-refractivity contribution in [2.75, 3.05) is 0 Å². The highest BCUT2D eigenvalue weighted by molar-refractivity contribution is 5.94. The first kappa shape index (κ1) is 28.3. The van der Waals surface area contributed by atoms with E-state index in [0.717, 1.165) is 0 Å². The topological polar surface area (TPSA) is 188 Å². The molecule has 31 heavy (non-hydrogen) atoms. The van der Waals surface area contributed by atoms with Crippen LogP contribution in [0.1, 0.15) is 60.3 Å². The van der Waals surface area contributed by atoms with E-state index in [1.54, 1.807) is 6.92 Å². The summed E-state index contributed by atoms with van der Waals surface area (Å²) < 4.78 is 0. The molecule has 0 heterocycles. The first-order valence-corrected chi connectivity index (χ1v) is 10.4. The quantitative estimate of drug-likeness (QED) is 0.213. The number of nitrogens with two attached hydrogens (primary N) is 1. The molecule has 7 N–H and O–H groups in total. The third-order valence-corrected chi connectivity index (χ3v) is 4.87. The average molecular weight is 445 g/mol. The minimum atomic E-state index is -1.21. The molecule has 0 aliphatic rings. The van der Waals surface area contributed by atoms with Crippen molar-refractivity contribution < 1.29 is 34.2 Å². The highest BCUT2D eigenvalue weighted by Crippen LogP contribution is 2.11. The Balaban J connectivity index is 5.37. The van der Waals surface area contributed by atoms with Gasteiger partial charge in [0.1, 0.15) is 18.1 Å². The second-order valence-electron chi connectivity index (χ2n) is 8.17. The second kappa shape index (κ2) is 13.6. The monoisotopic (exact) mass is 444 g/mol. The molecule has 5 atom stereocenters. The summed E-state index contributed by atoms with van der Waals surface area (Å²) in [7, 11) is 0. The average Bonchev–Trinajstić information content (AvgIpc) is 2.67. The minimum absolute atomic E-state index is 0.0252. The zero-order valence-corrected chi connectivity index (χ0v) is 18.8. The smallest absolute Gasteiger partial charge is 0.325 e. The van der Waals surface area contributed by atoms with Crippen molar-refractivity contribution in [1.82, 2.24) is 16.0 Å².